The summed E-state index contributed by atoms with van der Waals surface area (Å²) in [5.41, 5.74) is -0.732. The topological polar surface area (TPSA) is 76.1 Å². The van der Waals surface area contributed by atoms with Gasteiger partial charge in [-0.05, 0) is 32.9 Å². The highest BCUT2D eigenvalue weighted by Gasteiger charge is 2.42. The number of para-hydroxylation sites is 1. The van der Waals surface area contributed by atoms with Gasteiger partial charge in [0.1, 0.15) is 17.7 Å². The van der Waals surface area contributed by atoms with Gasteiger partial charge in [0.2, 0.25) is 0 Å². The zero-order chi connectivity index (χ0) is 17.2. The number of carbonyl (C=O) groups excluding carboxylic acids is 1. The molecule has 1 aromatic rings. The average molecular weight is 325 g/mol. The number of aliphatic carboxylic acids is 1. The summed E-state index contributed by atoms with van der Waals surface area (Å²) in [6.07, 6.45) is -1.26. The van der Waals surface area contributed by atoms with Gasteiger partial charge in [0.15, 0.2) is 11.6 Å². The number of amides is 1. The van der Waals surface area contributed by atoms with Gasteiger partial charge in [0.05, 0.1) is 6.54 Å². The van der Waals surface area contributed by atoms with E-state index >= 15 is 0 Å². The number of rotatable bonds is 3. The Morgan fingerprint density at radius 3 is 2.52 bits per heavy atom. The summed E-state index contributed by atoms with van der Waals surface area (Å²) in [6.45, 7) is 5.12. The van der Waals surface area contributed by atoms with Crippen molar-refractivity contribution in [3.8, 4) is 5.75 Å². The van der Waals surface area contributed by atoms with Crippen LogP contribution < -0.4 is 4.74 Å². The Kier molecular flexibility index (Phi) is 4.77. The van der Waals surface area contributed by atoms with Gasteiger partial charge >= 0.3 is 12.1 Å². The maximum absolute atomic E-state index is 13.6. The van der Waals surface area contributed by atoms with Crippen LogP contribution in [0.15, 0.2) is 24.3 Å². The molecule has 0 aliphatic carbocycles. The maximum atomic E-state index is 13.6. The molecule has 7 heteroatoms. The summed E-state index contributed by atoms with van der Waals surface area (Å²) in [5.74, 6) is -1.64. The minimum absolute atomic E-state index is 0.0280. The normalized spacial score (nSPS) is 21.1. The average Bonchev–Trinajstić information content (AvgIpc) is 2.84. The van der Waals surface area contributed by atoms with E-state index in [1.807, 2.05) is 0 Å². The molecule has 1 amide bonds. The Morgan fingerprint density at radius 1 is 1.30 bits per heavy atom. The van der Waals surface area contributed by atoms with E-state index in [0.29, 0.717) is 0 Å². The number of hydrogen-bond donors (Lipinski definition) is 1. The summed E-state index contributed by atoms with van der Waals surface area (Å²) in [7, 11) is 0. The molecular formula is C16H20FNO5. The van der Waals surface area contributed by atoms with E-state index in [1.165, 1.54) is 18.2 Å². The molecule has 6 nitrogen and oxygen atoms in total. The molecule has 1 fully saturated rings. The van der Waals surface area contributed by atoms with Crippen LogP contribution in [0.25, 0.3) is 0 Å². The lowest BCUT2D eigenvalue weighted by molar-refractivity contribution is -0.142. The summed E-state index contributed by atoms with van der Waals surface area (Å²) in [4.78, 5) is 24.6. The van der Waals surface area contributed by atoms with Gasteiger partial charge < -0.3 is 14.6 Å². The van der Waals surface area contributed by atoms with E-state index < -0.39 is 35.6 Å². The van der Waals surface area contributed by atoms with Gasteiger partial charge in [-0.2, -0.15) is 0 Å². The van der Waals surface area contributed by atoms with Crippen LogP contribution in [-0.4, -0.2) is 46.4 Å². The molecular weight excluding hydrogens is 305 g/mol. The summed E-state index contributed by atoms with van der Waals surface area (Å²) in [5, 5.41) is 9.29. The number of nitrogens with zero attached hydrogens (tertiary/aromatic N) is 1. The lowest BCUT2D eigenvalue weighted by Gasteiger charge is -2.26. The molecule has 1 aliphatic heterocycles. The second-order valence-corrected chi connectivity index (χ2v) is 6.39. The third kappa shape index (κ3) is 4.34. The van der Waals surface area contributed by atoms with Crippen molar-refractivity contribution in [2.45, 2.75) is 44.9 Å². The predicted molar refractivity (Wildman–Crippen MR) is 79.8 cm³/mol. The molecule has 0 aromatic heterocycles. The monoisotopic (exact) mass is 325 g/mol. The molecule has 126 valence electrons. The lowest BCUT2D eigenvalue weighted by Crippen LogP contribution is -2.43. The lowest BCUT2D eigenvalue weighted by atomic mass is 10.2. The fourth-order valence-electron chi connectivity index (χ4n) is 2.36. The van der Waals surface area contributed by atoms with Gasteiger partial charge in [-0.25, -0.2) is 14.0 Å². The van der Waals surface area contributed by atoms with Gasteiger partial charge in [-0.15, -0.1) is 0 Å². The van der Waals surface area contributed by atoms with Crippen LogP contribution in [0.5, 0.6) is 5.75 Å². The molecule has 1 aromatic carbocycles. The summed E-state index contributed by atoms with van der Waals surface area (Å²) >= 11 is 0. The summed E-state index contributed by atoms with van der Waals surface area (Å²) < 4.78 is 24.4. The molecule has 0 radical (unpaired) electrons. The minimum atomic E-state index is -1.14. The number of carboxylic acids is 1. The first-order valence-electron chi connectivity index (χ1n) is 7.31. The van der Waals surface area contributed by atoms with Crippen molar-refractivity contribution < 1.29 is 28.6 Å². The second-order valence-electron chi connectivity index (χ2n) is 6.39. The van der Waals surface area contributed by atoms with Crippen LogP contribution in [0.4, 0.5) is 9.18 Å². The Hall–Kier alpha value is -2.31. The standard InChI is InChI=1S/C16H20FNO5/c1-16(2,3)23-15(21)18-9-10(8-12(18)14(19)20)22-13-7-5-4-6-11(13)17/h4-7,10,12H,8-9H2,1-3H3,(H,19,20). The predicted octanol–water partition coefficient (Wildman–Crippen LogP) is 2.67. The number of carboxylic acid groups (broad SMARTS) is 1. The van der Waals surface area contributed by atoms with Gasteiger partial charge in [0, 0.05) is 6.42 Å². The van der Waals surface area contributed by atoms with E-state index in [2.05, 4.69) is 0 Å². The SMILES string of the molecule is CC(C)(C)OC(=O)N1CC(Oc2ccccc2F)CC1C(=O)O. The molecule has 1 saturated heterocycles. The van der Waals surface area contributed by atoms with Crippen LogP contribution in [0.3, 0.4) is 0 Å². The quantitative estimate of drug-likeness (QED) is 0.924. The van der Waals surface area contributed by atoms with Crippen molar-refractivity contribution in [2.75, 3.05) is 6.54 Å². The largest absolute Gasteiger partial charge is 0.485 e. The van der Waals surface area contributed by atoms with Gasteiger partial charge in [0.25, 0.3) is 0 Å². The first-order valence-corrected chi connectivity index (χ1v) is 7.31. The summed E-state index contributed by atoms with van der Waals surface area (Å²) in [6, 6.07) is 4.81. The number of ether oxygens (including phenoxy) is 2. The molecule has 1 heterocycles. The molecule has 2 rings (SSSR count). The van der Waals surface area contributed by atoms with E-state index in [4.69, 9.17) is 9.47 Å². The fraction of sp³-hybridized carbons (Fsp3) is 0.500. The molecule has 23 heavy (non-hydrogen) atoms. The van der Waals surface area contributed by atoms with Crippen molar-refractivity contribution in [1.29, 1.82) is 0 Å². The van der Waals surface area contributed by atoms with E-state index in [9.17, 15) is 19.1 Å². The van der Waals surface area contributed by atoms with Crippen molar-refractivity contribution in [2.24, 2.45) is 0 Å². The molecule has 2 atom stereocenters. The zero-order valence-corrected chi connectivity index (χ0v) is 13.3. The highest BCUT2D eigenvalue weighted by atomic mass is 19.1. The number of carbonyl (C=O) groups is 2. The van der Waals surface area contributed by atoms with Crippen molar-refractivity contribution in [3.05, 3.63) is 30.1 Å². The molecule has 0 spiro atoms. The smallest absolute Gasteiger partial charge is 0.411 e. The second kappa shape index (κ2) is 6.44. The number of halogens is 1. The van der Waals surface area contributed by atoms with E-state index in [-0.39, 0.29) is 18.7 Å². The fourth-order valence-corrected chi connectivity index (χ4v) is 2.36. The van der Waals surface area contributed by atoms with E-state index in [1.54, 1.807) is 26.8 Å². The van der Waals surface area contributed by atoms with Crippen molar-refractivity contribution in [1.82, 2.24) is 4.90 Å². The molecule has 0 bridgehead atoms. The number of likely N-dealkylation sites (tertiary alicyclic amines) is 1. The number of hydrogen-bond acceptors (Lipinski definition) is 4. The maximum Gasteiger partial charge on any atom is 0.411 e. The minimum Gasteiger partial charge on any atom is -0.485 e. The van der Waals surface area contributed by atoms with Crippen molar-refractivity contribution in [3.63, 3.8) is 0 Å². The molecule has 2 unspecified atom stereocenters. The zero-order valence-electron chi connectivity index (χ0n) is 13.3. The molecule has 1 N–H and O–H groups in total. The van der Waals surface area contributed by atoms with Crippen LogP contribution in [-0.2, 0) is 9.53 Å². The van der Waals surface area contributed by atoms with Crippen molar-refractivity contribution >= 4 is 12.1 Å². The molecule has 0 saturated carbocycles. The van der Waals surface area contributed by atoms with Crippen LogP contribution in [0, 0.1) is 5.82 Å². The third-order valence-corrected chi connectivity index (χ3v) is 3.31. The number of benzene rings is 1. The van der Waals surface area contributed by atoms with Crippen LogP contribution in [0.1, 0.15) is 27.2 Å². The Morgan fingerprint density at radius 2 is 1.96 bits per heavy atom. The first-order chi connectivity index (χ1) is 10.7. The third-order valence-electron chi connectivity index (χ3n) is 3.31. The highest BCUT2D eigenvalue weighted by molar-refractivity contribution is 5.81. The Labute approximate surface area is 133 Å². The Balaban J connectivity index is 2.10. The van der Waals surface area contributed by atoms with E-state index in [0.717, 1.165) is 4.90 Å². The van der Waals surface area contributed by atoms with Crippen LogP contribution in [0.2, 0.25) is 0 Å². The van der Waals surface area contributed by atoms with Crippen LogP contribution >= 0.6 is 0 Å². The van der Waals surface area contributed by atoms with Gasteiger partial charge in [-0.1, -0.05) is 12.1 Å². The highest BCUT2D eigenvalue weighted by Crippen LogP contribution is 2.26. The van der Waals surface area contributed by atoms with Gasteiger partial charge in [-0.3, -0.25) is 4.90 Å². The first kappa shape index (κ1) is 17.1. The molecule has 1 aliphatic rings. The Bertz CT molecular complexity index is 598.